The molecular formula is C11H13ClF3NO. The van der Waals surface area contributed by atoms with Crippen molar-refractivity contribution in [2.45, 2.75) is 31.2 Å². The van der Waals surface area contributed by atoms with E-state index in [2.05, 4.69) is 0 Å². The SMILES string of the molecule is CCC(N)C(O)(c1ccc(Cl)cc1)C(F)(F)F. The summed E-state index contributed by atoms with van der Waals surface area (Å²) in [6.07, 6.45) is -4.84. The minimum atomic E-state index is -4.84. The molecule has 0 bridgehead atoms. The van der Waals surface area contributed by atoms with Crippen molar-refractivity contribution >= 4 is 11.6 Å². The fourth-order valence-corrected chi connectivity index (χ4v) is 1.71. The summed E-state index contributed by atoms with van der Waals surface area (Å²) in [4.78, 5) is 0. The van der Waals surface area contributed by atoms with E-state index in [1.54, 1.807) is 0 Å². The zero-order chi connectivity index (χ0) is 13.3. The molecule has 0 aromatic heterocycles. The summed E-state index contributed by atoms with van der Waals surface area (Å²) in [7, 11) is 0. The first-order chi connectivity index (χ1) is 7.73. The number of alkyl halides is 3. The van der Waals surface area contributed by atoms with Crippen LogP contribution in [-0.4, -0.2) is 17.3 Å². The van der Waals surface area contributed by atoms with Gasteiger partial charge in [-0.25, -0.2) is 0 Å². The van der Waals surface area contributed by atoms with Crippen molar-refractivity contribution in [3.05, 3.63) is 34.9 Å². The second-order valence-corrected chi connectivity index (χ2v) is 4.22. The van der Waals surface area contributed by atoms with Crippen LogP contribution in [0.2, 0.25) is 5.02 Å². The quantitative estimate of drug-likeness (QED) is 0.885. The molecule has 0 aliphatic carbocycles. The van der Waals surface area contributed by atoms with Gasteiger partial charge < -0.3 is 10.8 Å². The summed E-state index contributed by atoms with van der Waals surface area (Å²) in [6.45, 7) is 1.48. The van der Waals surface area contributed by atoms with Crippen LogP contribution in [0.3, 0.4) is 0 Å². The molecule has 0 spiro atoms. The van der Waals surface area contributed by atoms with Crippen LogP contribution in [0.4, 0.5) is 13.2 Å². The molecule has 96 valence electrons. The van der Waals surface area contributed by atoms with E-state index in [0.29, 0.717) is 5.02 Å². The Hall–Kier alpha value is -0.780. The third kappa shape index (κ3) is 2.56. The molecule has 2 unspecified atom stereocenters. The molecule has 0 fully saturated rings. The number of hydrogen-bond donors (Lipinski definition) is 2. The topological polar surface area (TPSA) is 46.2 Å². The number of nitrogens with two attached hydrogens (primary N) is 1. The smallest absolute Gasteiger partial charge is 0.375 e. The fourth-order valence-electron chi connectivity index (χ4n) is 1.59. The molecule has 0 heterocycles. The normalized spacial score (nSPS) is 17.6. The molecule has 0 saturated carbocycles. The fraction of sp³-hybridized carbons (Fsp3) is 0.455. The third-order valence-corrected chi connectivity index (χ3v) is 2.94. The molecule has 0 aliphatic rings. The molecular weight excluding hydrogens is 255 g/mol. The predicted molar refractivity (Wildman–Crippen MR) is 59.7 cm³/mol. The lowest BCUT2D eigenvalue weighted by Gasteiger charge is -2.35. The van der Waals surface area contributed by atoms with Crippen LogP contribution >= 0.6 is 11.6 Å². The molecule has 1 rings (SSSR count). The van der Waals surface area contributed by atoms with Crippen LogP contribution in [0.15, 0.2) is 24.3 Å². The molecule has 1 aromatic carbocycles. The zero-order valence-corrected chi connectivity index (χ0v) is 9.89. The highest BCUT2D eigenvalue weighted by molar-refractivity contribution is 6.30. The minimum absolute atomic E-state index is 0.00135. The second-order valence-electron chi connectivity index (χ2n) is 3.79. The highest BCUT2D eigenvalue weighted by atomic mass is 35.5. The largest absolute Gasteiger partial charge is 0.422 e. The van der Waals surface area contributed by atoms with Crippen molar-refractivity contribution < 1.29 is 18.3 Å². The molecule has 2 nitrogen and oxygen atoms in total. The Morgan fingerprint density at radius 1 is 1.29 bits per heavy atom. The van der Waals surface area contributed by atoms with Crippen molar-refractivity contribution in [3.8, 4) is 0 Å². The van der Waals surface area contributed by atoms with Gasteiger partial charge >= 0.3 is 6.18 Å². The van der Waals surface area contributed by atoms with E-state index in [4.69, 9.17) is 17.3 Å². The molecule has 0 saturated heterocycles. The van der Waals surface area contributed by atoms with Crippen LogP contribution < -0.4 is 5.73 Å². The van der Waals surface area contributed by atoms with Gasteiger partial charge in [0.2, 0.25) is 5.60 Å². The molecule has 0 aliphatic heterocycles. The second kappa shape index (κ2) is 4.84. The Morgan fingerprint density at radius 3 is 2.12 bits per heavy atom. The van der Waals surface area contributed by atoms with Gasteiger partial charge in [-0.15, -0.1) is 0 Å². The maximum absolute atomic E-state index is 13.0. The summed E-state index contributed by atoms with van der Waals surface area (Å²) in [5, 5.41) is 10.2. The summed E-state index contributed by atoms with van der Waals surface area (Å²) < 4.78 is 38.9. The number of benzene rings is 1. The highest BCUT2D eigenvalue weighted by Gasteiger charge is 2.58. The Labute approximate surface area is 102 Å². The third-order valence-electron chi connectivity index (χ3n) is 2.69. The van der Waals surface area contributed by atoms with Gasteiger partial charge in [-0.1, -0.05) is 30.7 Å². The van der Waals surface area contributed by atoms with Gasteiger partial charge in [-0.05, 0) is 24.1 Å². The van der Waals surface area contributed by atoms with Gasteiger partial charge in [0.15, 0.2) is 0 Å². The van der Waals surface area contributed by atoms with E-state index in [1.807, 2.05) is 0 Å². The Balaban J connectivity index is 3.29. The van der Waals surface area contributed by atoms with Gasteiger partial charge in [0.1, 0.15) is 0 Å². The van der Waals surface area contributed by atoms with E-state index in [-0.39, 0.29) is 12.0 Å². The van der Waals surface area contributed by atoms with Crippen molar-refractivity contribution in [3.63, 3.8) is 0 Å². The lowest BCUT2D eigenvalue weighted by atomic mass is 9.85. The maximum atomic E-state index is 13.0. The monoisotopic (exact) mass is 267 g/mol. The molecule has 0 radical (unpaired) electrons. The van der Waals surface area contributed by atoms with Gasteiger partial charge in [-0.3, -0.25) is 0 Å². The Morgan fingerprint density at radius 2 is 1.76 bits per heavy atom. The maximum Gasteiger partial charge on any atom is 0.422 e. The first-order valence-corrected chi connectivity index (χ1v) is 5.42. The van der Waals surface area contributed by atoms with Crippen LogP contribution in [0.1, 0.15) is 18.9 Å². The van der Waals surface area contributed by atoms with Crippen LogP contribution in [-0.2, 0) is 5.60 Å². The van der Waals surface area contributed by atoms with E-state index < -0.39 is 17.8 Å². The Kier molecular flexibility index (Phi) is 4.06. The molecule has 3 N–H and O–H groups in total. The number of hydrogen-bond acceptors (Lipinski definition) is 2. The standard InChI is InChI=1S/C11H13ClF3NO/c1-2-9(16)10(17,11(13,14)15)7-3-5-8(12)6-4-7/h3-6,9,17H,2,16H2,1H3. The number of aliphatic hydroxyl groups is 1. The number of rotatable bonds is 3. The molecule has 6 heteroatoms. The first kappa shape index (κ1) is 14.3. The molecule has 1 aromatic rings. The lowest BCUT2D eigenvalue weighted by Crippen LogP contribution is -2.55. The highest BCUT2D eigenvalue weighted by Crippen LogP contribution is 2.41. The van der Waals surface area contributed by atoms with Gasteiger partial charge in [0.25, 0.3) is 0 Å². The number of halogens is 4. The van der Waals surface area contributed by atoms with Crippen molar-refractivity contribution in [2.75, 3.05) is 0 Å². The average Bonchev–Trinajstić information content (AvgIpc) is 2.26. The first-order valence-electron chi connectivity index (χ1n) is 5.04. The van der Waals surface area contributed by atoms with Crippen LogP contribution in [0.5, 0.6) is 0 Å². The molecule has 2 atom stereocenters. The van der Waals surface area contributed by atoms with Crippen LogP contribution in [0.25, 0.3) is 0 Å². The molecule has 0 amide bonds. The summed E-state index contributed by atoms with van der Waals surface area (Å²) >= 11 is 5.60. The van der Waals surface area contributed by atoms with E-state index in [1.165, 1.54) is 19.1 Å². The van der Waals surface area contributed by atoms with E-state index in [0.717, 1.165) is 12.1 Å². The van der Waals surface area contributed by atoms with Crippen molar-refractivity contribution in [1.82, 2.24) is 0 Å². The van der Waals surface area contributed by atoms with Gasteiger partial charge in [-0.2, -0.15) is 13.2 Å². The van der Waals surface area contributed by atoms with Gasteiger partial charge in [0.05, 0.1) is 0 Å². The minimum Gasteiger partial charge on any atom is -0.375 e. The van der Waals surface area contributed by atoms with E-state index >= 15 is 0 Å². The summed E-state index contributed by atoms with van der Waals surface area (Å²) in [5.41, 5.74) is 2.05. The molecule has 17 heavy (non-hydrogen) atoms. The van der Waals surface area contributed by atoms with Crippen molar-refractivity contribution in [2.24, 2.45) is 5.73 Å². The van der Waals surface area contributed by atoms with Gasteiger partial charge in [0, 0.05) is 11.1 Å². The van der Waals surface area contributed by atoms with Crippen LogP contribution in [0, 0.1) is 0 Å². The average molecular weight is 268 g/mol. The summed E-state index contributed by atoms with van der Waals surface area (Å²) in [6, 6.07) is 3.41. The predicted octanol–water partition coefficient (Wildman–Crippen LogP) is 2.83. The zero-order valence-electron chi connectivity index (χ0n) is 9.13. The lowest BCUT2D eigenvalue weighted by molar-refractivity contribution is -0.274. The van der Waals surface area contributed by atoms with E-state index in [9.17, 15) is 18.3 Å². The summed E-state index contributed by atoms with van der Waals surface area (Å²) in [5.74, 6) is 0. The van der Waals surface area contributed by atoms with Crippen molar-refractivity contribution in [1.29, 1.82) is 0 Å². The Bertz CT molecular complexity index is 379.